The number of amides is 1. The van der Waals surface area contributed by atoms with Crippen molar-refractivity contribution >= 4 is 33.0 Å². The Morgan fingerprint density at radius 1 is 1.21 bits per heavy atom. The Labute approximate surface area is 140 Å². The van der Waals surface area contributed by atoms with Crippen molar-refractivity contribution in [3.63, 3.8) is 0 Å². The highest BCUT2D eigenvalue weighted by Crippen LogP contribution is 2.32. The predicted molar refractivity (Wildman–Crippen MR) is 84.7 cm³/mol. The van der Waals surface area contributed by atoms with Crippen LogP contribution in [0.25, 0.3) is 0 Å². The van der Waals surface area contributed by atoms with Crippen molar-refractivity contribution in [2.75, 3.05) is 11.8 Å². The summed E-state index contributed by atoms with van der Waals surface area (Å²) >= 11 is 0.981. The van der Waals surface area contributed by atoms with Crippen LogP contribution in [-0.4, -0.2) is 21.4 Å². The maximum atomic E-state index is 12.7. The van der Waals surface area contributed by atoms with Crippen molar-refractivity contribution in [3.8, 4) is 0 Å². The fraction of sp³-hybridized carbons (Fsp3) is 0.214. The number of aryl methyl sites for hydroxylation is 1. The summed E-state index contributed by atoms with van der Waals surface area (Å²) < 4.78 is 65.0. The summed E-state index contributed by atoms with van der Waals surface area (Å²) in [6.45, 7) is 1.51. The molecule has 0 radical (unpaired) electrons. The molecule has 0 saturated carbocycles. The monoisotopic (exact) mass is 378 g/mol. The van der Waals surface area contributed by atoms with Crippen LogP contribution >= 0.6 is 11.3 Å². The first-order valence-electron chi connectivity index (χ1n) is 6.57. The van der Waals surface area contributed by atoms with Crippen molar-refractivity contribution in [1.29, 1.82) is 0 Å². The van der Waals surface area contributed by atoms with Crippen molar-refractivity contribution in [2.45, 2.75) is 18.0 Å². The molecule has 1 aromatic heterocycles. The SMILES string of the molecule is CNC(=O)c1cc(S(=O)(=O)Nc2cccc(C(F)(F)F)c2)c(C)s1. The molecule has 1 aromatic carbocycles. The van der Waals surface area contributed by atoms with Crippen molar-refractivity contribution in [1.82, 2.24) is 5.32 Å². The minimum Gasteiger partial charge on any atom is -0.354 e. The second-order valence-corrected chi connectivity index (χ2v) is 7.70. The van der Waals surface area contributed by atoms with E-state index in [1.807, 2.05) is 0 Å². The molecule has 5 nitrogen and oxygen atoms in total. The number of benzene rings is 1. The van der Waals surface area contributed by atoms with E-state index >= 15 is 0 Å². The van der Waals surface area contributed by atoms with E-state index in [0.717, 1.165) is 23.5 Å². The molecule has 0 aliphatic carbocycles. The van der Waals surface area contributed by atoms with E-state index in [1.54, 1.807) is 0 Å². The number of sulfonamides is 1. The van der Waals surface area contributed by atoms with Gasteiger partial charge in [-0.25, -0.2) is 8.42 Å². The van der Waals surface area contributed by atoms with Gasteiger partial charge in [-0.05, 0) is 31.2 Å². The average Bonchev–Trinajstić information content (AvgIpc) is 2.88. The van der Waals surface area contributed by atoms with Crippen LogP contribution in [0.5, 0.6) is 0 Å². The van der Waals surface area contributed by atoms with E-state index in [2.05, 4.69) is 10.0 Å². The smallest absolute Gasteiger partial charge is 0.354 e. The van der Waals surface area contributed by atoms with Gasteiger partial charge >= 0.3 is 6.18 Å². The van der Waals surface area contributed by atoms with Crippen LogP contribution in [0, 0.1) is 6.92 Å². The zero-order valence-corrected chi connectivity index (χ0v) is 14.2. The van der Waals surface area contributed by atoms with Gasteiger partial charge in [0.05, 0.1) is 10.4 Å². The number of anilines is 1. The molecule has 0 spiro atoms. The number of rotatable bonds is 4. The number of carbonyl (C=O) groups excluding carboxylic acids is 1. The number of halogens is 3. The maximum absolute atomic E-state index is 12.7. The Morgan fingerprint density at radius 2 is 1.88 bits per heavy atom. The van der Waals surface area contributed by atoms with Gasteiger partial charge in [-0.2, -0.15) is 13.2 Å². The van der Waals surface area contributed by atoms with Gasteiger partial charge in [0.1, 0.15) is 4.90 Å². The molecular weight excluding hydrogens is 365 g/mol. The first-order chi connectivity index (χ1) is 11.0. The minimum absolute atomic E-state index is 0.150. The van der Waals surface area contributed by atoms with E-state index < -0.39 is 27.7 Å². The molecule has 2 N–H and O–H groups in total. The number of carbonyl (C=O) groups is 1. The zero-order chi connectivity index (χ0) is 18.1. The van der Waals surface area contributed by atoms with Crippen LogP contribution in [-0.2, 0) is 16.2 Å². The van der Waals surface area contributed by atoms with Gasteiger partial charge in [0, 0.05) is 17.6 Å². The van der Waals surface area contributed by atoms with E-state index in [0.29, 0.717) is 10.9 Å². The fourth-order valence-corrected chi connectivity index (χ4v) is 4.52. The lowest BCUT2D eigenvalue weighted by atomic mass is 10.2. The molecule has 0 saturated heterocycles. The van der Waals surface area contributed by atoms with E-state index in [1.165, 1.54) is 26.1 Å². The minimum atomic E-state index is -4.58. The van der Waals surface area contributed by atoms with Crippen molar-refractivity contribution in [3.05, 3.63) is 45.6 Å². The Balaban J connectivity index is 2.36. The van der Waals surface area contributed by atoms with Gasteiger partial charge in [0.25, 0.3) is 15.9 Å². The zero-order valence-electron chi connectivity index (χ0n) is 12.6. The lowest BCUT2D eigenvalue weighted by Crippen LogP contribution is -2.17. The van der Waals surface area contributed by atoms with Crippen LogP contribution in [0.3, 0.4) is 0 Å². The Bertz CT molecular complexity index is 874. The van der Waals surface area contributed by atoms with Gasteiger partial charge in [0.2, 0.25) is 0 Å². The second-order valence-electron chi connectivity index (χ2n) is 4.79. The Hall–Kier alpha value is -2.07. The summed E-state index contributed by atoms with van der Waals surface area (Å²) in [6, 6.07) is 5.07. The second kappa shape index (κ2) is 6.44. The maximum Gasteiger partial charge on any atom is 0.416 e. The first kappa shape index (κ1) is 18.3. The molecule has 130 valence electrons. The molecule has 0 bridgehead atoms. The molecule has 1 amide bonds. The third-order valence-electron chi connectivity index (χ3n) is 3.05. The van der Waals surface area contributed by atoms with Gasteiger partial charge in [-0.15, -0.1) is 11.3 Å². The summed E-state index contributed by atoms with van der Waals surface area (Å²) in [5, 5.41) is 2.38. The van der Waals surface area contributed by atoms with Crippen LogP contribution in [0.2, 0.25) is 0 Å². The first-order valence-corrected chi connectivity index (χ1v) is 8.87. The molecule has 10 heteroatoms. The van der Waals surface area contributed by atoms with Crippen LogP contribution in [0.1, 0.15) is 20.1 Å². The van der Waals surface area contributed by atoms with E-state index in [9.17, 15) is 26.4 Å². The molecule has 2 aromatic rings. The summed E-state index contributed by atoms with van der Waals surface area (Å²) in [7, 11) is -2.70. The molecular formula is C14H13F3N2O3S2. The normalized spacial score (nSPS) is 12.0. The number of thiophene rings is 1. The molecule has 0 atom stereocenters. The third-order valence-corrected chi connectivity index (χ3v) is 5.74. The van der Waals surface area contributed by atoms with Crippen LogP contribution < -0.4 is 10.0 Å². The van der Waals surface area contributed by atoms with Crippen molar-refractivity contribution in [2.24, 2.45) is 0 Å². The van der Waals surface area contributed by atoms with E-state index in [4.69, 9.17) is 0 Å². The van der Waals surface area contributed by atoms with Gasteiger partial charge in [-0.3, -0.25) is 9.52 Å². The van der Waals surface area contributed by atoms with E-state index in [-0.39, 0.29) is 15.5 Å². The summed E-state index contributed by atoms with van der Waals surface area (Å²) in [5.41, 5.74) is -1.17. The van der Waals surface area contributed by atoms with Gasteiger partial charge in [0.15, 0.2) is 0 Å². The summed E-state index contributed by atoms with van der Waals surface area (Å²) in [5.74, 6) is -0.441. The molecule has 2 rings (SSSR count). The molecule has 1 heterocycles. The van der Waals surface area contributed by atoms with Crippen LogP contribution in [0.4, 0.5) is 18.9 Å². The molecule has 24 heavy (non-hydrogen) atoms. The number of hydrogen-bond acceptors (Lipinski definition) is 4. The van der Waals surface area contributed by atoms with Gasteiger partial charge < -0.3 is 5.32 Å². The quantitative estimate of drug-likeness (QED) is 0.858. The lowest BCUT2D eigenvalue weighted by molar-refractivity contribution is -0.137. The largest absolute Gasteiger partial charge is 0.416 e. The van der Waals surface area contributed by atoms with Crippen LogP contribution in [0.15, 0.2) is 35.2 Å². The molecule has 0 unspecified atom stereocenters. The standard InChI is InChI=1S/C14H13F3N2O3S2/c1-8-12(7-11(23-8)13(20)18-2)24(21,22)19-10-5-3-4-9(6-10)14(15,16)17/h3-7,19H,1-2H3,(H,18,20). The number of alkyl halides is 3. The summed E-state index contributed by atoms with van der Waals surface area (Å²) in [4.78, 5) is 12.0. The third kappa shape index (κ3) is 3.88. The molecule has 0 aliphatic rings. The highest BCUT2D eigenvalue weighted by molar-refractivity contribution is 7.93. The highest BCUT2D eigenvalue weighted by Gasteiger charge is 2.31. The average molecular weight is 378 g/mol. The molecule has 0 fully saturated rings. The topological polar surface area (TPSA) is 75.3 Å². The number of nitrogens with one attached hydrogen (secondary N) is 2. The van der Waals surface area contributed by atoms with Gasteiger partial charge in [-0.1, -0.05) is 6.07 Å². The lowest BCUT2D eigenvalue weighted by Gasteiger charge is -2.11. The predicted octanol–water partition coefficient (Wildman–Crippen LogP) is 3.24. The summed E-state index contributed by atoms with van der Waals surface area (Å²) in [6.07, 6.45) is -4.58. The highest BCUT2D eigenvalue weighted by atomic mass is 32.2. The Kier molecular flexibility index (Phi) is 4.90. The number of hydrogen-bond donors (Lipinski definition) is 2. The molecule has 0 aliphatic heterocycles. The van der Waals surface area contributed by atoms with Crippen molar-refractivity contribution < 1.29 is 26.4 Å². The Morgan fingerprint density at radius 3 is 2.46 bits per heavy atom. The fourth-order valence-electron chi connectivity index (χ4n) is 1.94.